The van der Waals surface area contributed by atoms with Gasteiger partial charge in [-0.3, -0.25) is 0 Å². The Labute approximate surface area is 334 Å². The number of furan rings is 1. The zero-order chi connectivity index (χ0) is 37.7. The van der Waals surface area contributed by atoms with Crippen molar-refractivity contribution in [3.8, 4) is 44.0 Å². The molecule has 0 saturated heterocycles. The van der Waals surface area contributed by atoms with Crippen LogP contribution >= 0.6 is 11.3 Å². The molecular formula is C53H34N2OS. The highest BCUT2D eigenvalue weighted by Crippen LogP contribution is 2.47. The van der Waals surface area contributed by atoms with E-state index in [1.165, 1.54) is 33.0 Å². The number of para-hydroxylation sites is 1. The van der Waals surface area contributed by atoms with Crippen LogP contribution in [0.2, 0.25) is 0 Å². The maximum absolute atomic E-state index is 6.50. The van der Waals surface area contributed by atoms with Crippen molar-refractivity contribution in [2.75, 3.05) is 4.90 Å². The lowest BCUT2D eigenvalue weighted by Gasteiger charge is -2.27. The van der Waals surface area contributed by atoms with E-state index < -0.39 is 0 Å². The predicted octanol–water partition coefficient (Wildman–Crippen LogP) is 15.5. The van der Waals surface area contributed by atoms with Crippen molar-refractivity contribution >= 4 is 71.3 Å². The Kier molecular flexibility index (Phi) is 8.01. The van der Waals surface area contributed by atoms with Crippen LogP contribution in [0.25, 0.3) is 86.9 Å². The van der Waals surface area contributed by atoms with Gasteiger partial charge in [0.1, 0.15) is 16.2 Å². The highest BCUT2D eigenvalue weighted by atomic mass is 32.1. The van der Waals surface area contributed by atoms with Gasteiger partial charge in [-0.2, -0.15) is 0 Å². The van der Waals surface area contributed by atoms with Crippen molar-refractivity contribution in [3.05, 3.63) is 206 Å². The Balaban J connectivity index is 1.10. The molecule has 3 nitrogen and oxygen atoms in total. The van der Waals surface area contributed by atoms with Gasteiger partial charge in [-0.05, 0) is 81.1 Å². The van der Waals surface area contributed by atoms with Crippen molar-refractivity contribution in [3.63, 3.8) is 0 Å². The molecule has 268 valence electrons. The predicted molar refractivity (Wildman–Crippen MR) is 241 cm³/mol. The Morgan fingerprint density at radius 1 is 0.421 bits per heavy atom. The number of fused-ring (bicyclic) bond motifs is 5. The Hall–Kier alpha value is -7.27. The normalized spacial score (nSPS) is 11.5. The number of thiazole rings is 1. The van der Waals surface area contributed by atoms with E-state index in [4.69, 9.17) is 9.40 Å². The minimum Gasteiger partial charge on any atom is -0.456 e. The molecule has 2 heterocycles. The molecule has 0 radical (unpaired) electrons. The van der Waals surface area contributed by atoms with Crippen molar-refractivity contribution in [2.45, 2.75) is 0 Å². The minimum atomic E-state index is 0.845. The van der Waals surface area contributed by atoms with Crippen molar-refractivity contribution in [1.29, 1.82) is 0 Å². The Morgan fingerprint density at radius 2 is 0.982 bits per heavy atom. The lowest BCUT2D eigenvalue weighted by Crippen LogP contribution is -2.10. The van der Waals surface area contributed by atoms with Crippen LogP contribution in [-0.2, 0) is 0 Å². The van der Waals surface area contributed by atoms with Crippen LogP contribution in [0.3, 0.4) is 0 Å². The van der Waals surface area contributed by atoms with Gasteiger partial charge in [-0.15, -0.1) is 11.3 Å². The summed E-state index contributed by atoms with van der Waals surface area (Å²) in [6.07, 6.45) is 0. The fourth-order valence-electron chi connectivity index (χ4n) is 8.19. The number of hydrogen-bond donors (Lipinski definition) is 0. The lowest BCUT2D eigenvalue weighted by molar-refractivity contribution is 0.669. The molecule has 2 aromatic heterocycles. The summed E-state index contributed by atoms with van der Waals surface area (Å²) in [6, 6.07) is 73.4. The van der Waals surface area contributed by atoms with Gasteiger partial charge in [-0.1, -0.05) is 158 Å². The smallest absolute Gasteiger partial charge is 0.138 e. The average molecular weight is 747 g/mol. The Bertz CT molecular complexity index is 3210. The maximum Gasteiger partial charge on any atom is 0.138 e. The molecule has 0 fully saturated rings. The van der Waals surface area contributed by atoms with Crippen LogP contribution in [0.4, 0.5) is 17.1 Å². The van der Waals surface area contributed by atoms with Crippen LogP contribution in [0.1, 0.15) is 0 Å². The summed E-state index contributed by atoms with van der Waals surface area (Å²) in [6.45, 7) is 0. The van der Waals surface area contributed by atoms with Gasteiger partial charge >= 0.3 is 0 Å². The second-order valence-corrected chi connectivity index (χ2v) is 15.3. The molecule has 0 spiro atoms. The van der Waals surface area contributed by atoms with E-state index in [-0.39, 0.29) is 0 Å². The topological polar surface area (TPSA) is 29.3 Å². The largest absolute Gasteiger partial charge is 0.456 e. The summed E-state index contributed by atoms with van der Waals surface area (Å²) in [5.41, 5.74) is 14.0. The van der Waals surface area contributed by atoms with Gasteiger partial charge < -0.3 is 9.32 Å². The molecule has 4 heteroatoms. The fourth-order valence-corrected chi connectivity index (χ4v) is 9.31. The second kappa shape index (κ2) is 13.8. The molecule has 0 N–H and O–H groups in total. The average Bonchev–Trinajstić information content (AvgIpc) is 3.88. The molecule has 0 aliphatic carbocycles. The molecule has 9 aromatic carbocycles. The summed E-state index contributed by atoms with van der Waals surface area (Å²) in [5, 5.41) is 5.64. The zero-order valence-electron chi connectivity index (χ0n) is 30.8. The molecule has 0 aliphatic rings. The summed E-state index contributed by atoms with van der Waals surface area (Å²) in [4.78, 5) is 7.53. The maximum atomic E-state index is 6.50. The fraction of sp³-hybridized carbons (Fsp3) is 0. The van der Waals surface area contributed by atoms with Crippen molar-refractivity contribution in [2.24, 2.45) is 0 Å². The molecule has 57 heavy (non-hydrogen) atoms. The van der Waals surface area contributed by atoms with E-state index in [2.05, 4.69) is 193 Å². The third kappa shape index (κ3) is 5.86. The monoisotopic (exact) mass is 746 g/mol. The first-order valence-electron chi connectivity index (χ1n) is 19.2. The van der Waals surface area contributed by atoms with Gasteiger partial charge in [-0.25, -0.2) is 4.98 Å². The third-order valence-electron chi connectivity index (χ3n) is 10.9. The Morgan fingerprint density at radius 3 is 1.68 bits per heavy atom. The quantitative estimate of drug-likeness (QED) is 0.163. The summed E-state index contributed by atoms with van der Waals surface area (Å²) < 4.78 is 7.65. The molecule has 0 aliphatic heterocycles. The van der Waals surface area contributed by atoms with Gasteiger partial charge in [0.2, 0.25) is 0 Å². The number of benzene rings is 9. The first-order valence-corrected chi connectivity index (χ1v) is 20.0. The highest BCUT2D eigenvalue weighted by molar-refractivity contribution is 7.22. The lowest BCUT2D eigenvalue weighted by atomic mass is 9.96. The summed E-state index contributed by atoms with van der Waals surface area (Å²) >= 11 is 1.74. The molecule has 11 aromatic rings. The molecule has 11 rings (SSSR count). The molecule has 0 saturated carbocycles. The summed E-state index contributed by atoms with van der Waals surface area (Å²) in [7, 11) is 0. The molecular weight excluding hydrogens is 713 g/mol. The van der Waals surface area contributed by atoms with E-state index in [0.717, 1.165) is 70.9 Å². The van der Waals surface area contributed by atoms with E-state index in [1.807, 2.05) is 18.2 Å². The van der Waals surface area contributed by atoms with Crippen LogP contribution < -0.4 is 4.90 Å². The van der Waals surface area contributed by atoms with Crippen LogP contribution in [-0.4, -0.2) is 4.98 Å². The number of anilines is 3. The van der Waals surface area contributed by atoms with Gasteiger partial charge in [0.25, 0.3) is 0 Å². The molecule has 0 atom stereocenters. The number of nitrogens with zero attached hydrogens (tertiary/aromatic N) is 2. The summed E-state index contributed by atoms with van der Waals surface area (Å²) in [5.74, 6) is 0. The number of aromatic nitrogens is 1. The van der Waals surface area contributed by atoms with Crippen molar-refractivity contribution < 1.29 is 4.42 Å². The minimum absolute atomic E-state index is 0.845. The van der Waals surface area contributed by atoms with E-state index >= 15 is 0 Å². The SMILES string of the molecule is c1ccc(-c2ccc(N(c3ccc(-c4c5sc(-c6ccccc6)nc5cc5oc6ccccc6c45)cc3)c3cc(-c4ccccc4)c4ccccc4c3)cc2)cc1. The first-order chi connectivity index (χ1) is 28.2. The zero-order valence-corrected chi connectivity index (χ0v) is 31.7. The van der Waals surface area contributed by atoms with E-state index in [0.29, 0.717) is 0 Å². The van der Waals surface area contributed by atoms with Gasteiger partial charge in [0.05, 0.1) is 10.2 Å². The van der Waals surface area contributed by atoms with Crippen LogP contribution in [0.15, 0.2) is 211 Å². The van der Waals surface area contributed by atoms with Crippen LogP contribution in [0.5, 0.6) is 0 Å². The molecule has 0 amide bonds. The highest BCUT2D eigenvalue weighted by Gasteiger charge is 2.21. The standard InChI is InChI=1S/C53H34N2OS/c1-4-14-35(15-5-1)36-24-28-41(29-25-36)55(43-32-40-20-10-11-21-44(40)46(33-43)37-16-6-2-7-17-37)42-30-26-38(27-31-42)50-51-45-22-12-13-23-48(45)56-49(51)34-47-52(50)57-53(54-47)39-18-8-3-9-19-39/h1-34H. The van der Waals surface area contributed by atoms with Crippen LogP contribution in [0, 0.1) is 0 Å². The molecule has 0 unspecified atom stereocenters. The van der Waals surface area contributed by atoms with Gasteiger partial charge in [0, 0.05) is 45.0 Å². The van der Waals surface area contributed by atoms with Gasteiger partial charge in [0.15, 0.2) is 0 Å². The third-order valence-corrected chi connectivity index (χ3v) is 12.0. The second-order valence-electron chi connectivity index (χ2n) is 14.3. The molecule has 0 bridgehead atoms. The van der Waals surface area contributed by atoms with E-state index in [1.54, 1.807) is 11.3 Å². The van der Waals surface area contributed by atoms with E-state index in [9.17, 15) is 0 Å². The number of rotatable bonds is 7. The number of hydrogen-bond acceptors (Lipinski definition) is 4. The van der Waals surface area contributed by atoms with Crippen molar-refractivity contribution in [1.82, 2.24) is 4.98 Å². The first kappa shape index (κ1) is 33.1.